The Morgan fingerprint density at radius 2 is 1.79 bits per heavy atom. The average molecular weight is 386 g/mol. The molecular weight excluding hydrogens is 360 g/mol. The molecule has 1 N–H and O–H groups in total. The van der Waals surface area contributed by atoms with Crippen molar-refractivity contribution in [2.45, 2.75) is 43.7 Å². The Morgan fingerprint density at radius 1 is 1.00 bits per heavy atom. The fraction of sp³-hybridized carbons (Fsp3) is 0.360. The van der Waals surface area contributed by atoms with Gasteiger partial charge >= 0.3 is 0 Å². The second-order valence-corrected chi connectivity index (χ2v) is 8.38. The summed E-state index contributed by atoms with van der Waals surface area (Å²) < 4.78 is 0. The summed E-state index contributed by atoms with van der Waals surface area (Å²) >= 11 is 0. The van der Waals surface area contributed by atoms with E-state index < -0.39 is 5.60 Å². The van der Waals surface area contributed by atoms with E-state index in [0.29, 0.717) is 18.5 Å². The van der Waals surface area contributed by atoms with Crippen molar-refractivity contribution in [3.05, 3.63) is 78.0 Å². The van der Waals surface area contributed by atoms with Crippen molar-refractivity contribution in [1.29, 1.82) is 0 Å². The molecule has 2 aromatic carbocycles. The largest absolute Gasteiger partial charge is 0.385 e. The zero-order valence-corrected chi connectivity index (χ0v) is 16.5. The quantitative estimate of drug-likeness (QED) is 0.704. The average Bonchev–Trinajstić information content (AvgIpc) is 2.79. The highest BCUT2D eigenvalue weighted by molar-refractivity contribution is 6.05. The predicted octanol–water partition coefficient (Wildman–Crippen LogP) is 4.53. The molecule has 0 bridgehead atoms. The second kappa shape index (κ2) is 7.27. The molecule has 1 amide bonds. The van der Waals surface area contributed by atoms with Gasteiger partial charge in [-0.2, -0.15) is 0 Å². The topological polar surface area (TPSA) is 53.4 Å². The van der Waals surface area contributed by atoms with Crippen LogP contribution in [0, 0.1) is 5.92 Å². The molecule has 0 unspecified atom stereocenters. The number of likely N-dealkylation sites (tertiary alicyclic amines) is 1. The lowest BCUT2D eigenvalue weighted by Gasteiger charge is -2.52. The fourth-order valence-corrected chi connectivity index (χ4v) is 5.45. The highest BCUT2D eigenvalue weighted by Crippen LogP contribution is 2.47. The Hall–Kier alpha value is -2.72. The van der Waals surface area contributed by atoms with Crippen molar-refractivity contribution in [3.8, 4) is 0 Å². The first-order chi connectivity index (χ1) is 14.2. The van der Waals surface area contributed by atoms with Crippen LogP contribution in [-0.4, -0.2) is 33.5 Å². The zero-order valence-electron chi connectivity index (χ0n) is 16.5. The minimum atomic E-state index is -0.861. The molecule has 2 fully saturated rings. The standard InChI is InChI=1S/C25H26N2O2/c28-24(20-12-6-8-18-9-7-16-26-23(18)20)27-17-15-25(29,19-10-2-1-3-11-19)21-13-4-5-14-22(21)27/h1-3,6-12,16,21-22,29H,4-5,13-15,17H2/t21-,22+,25-/m0/s1. The molecule has 0 spiro atoms. The zero-order chi connectivity index (χ0) is 19.8. The Kier molecular flexibility index (Phi) is 4.59. The summed E-state index contributed by atoms with van der Waals surface area (Å²) in [6, 6.07) is 19.8. The summed E-state index contributed by atoms with van der Waals surface area (Å²) in [6.07, 6.45) is 6.42. The SMILES string of the molecule is O=C(c1cccc2cccnc12)N1CC[C@](O)(c2ccccc2)[C@H]2CCCC[C@H]21. The van der Waals surface area contributed by atoms with Crippen molar-refractivity contribution in [3.63, 3.8) is 0 Å². The minimum absolute atomic E-state index is 0.0429. The summed E-state index contributed by atoms with van der Waals surface area (Å²) in [7, 11) is 0. The van der Waals surface area contributed by atoms with Crippen molar-refractivity contribution < 1.29 is 9.90 Å². The van der Waals surface area contributed by atoms with Gasteiger partial charge in [0.05, 0.1) is 16.7 Å². The van der Waals surface area contributed by atoms with Gasteiger partial charge in [-0.25, -0.2) is 0 Å². The monoisotopic (exact) mass is 386 g/mol. The summed E-state index contributed by atoms with van der Waals surface area (Å²) in [5, 5.41) is 12.7. The van der Waals surface area contributed by atoms with Crippen LogP contribution in [0.25, 0.3) is 10.9 Å². The number of aromatic nitrogens is 1. The number of carbonyl (C=O) groups excluding carboxylic acids is 1. The van der Waals surface area contributed by atoms with E-state index >= 15 is 0 Å². The molecule has 29 heavy (non-hydrogen) atoms. The van der Waals surface area contributed by atoms with Crippen LogP contribution < -0.4 is 0 Å². The number of aliphatic hydroxyl groups is 1. The molecular formula is C25H26N2O2. The molecule has 2 heterocycles. The Morgan fingerprint density at radius 3 is 2.66 bits per heavy atom. The third kappa shape index (κ3) is 3.03. The van der Waals surface area contributed by atoms with Gasteiger partial charge in [-0.1, -0.05) is 61.4 Å². The van der Waals surface area contributed by atoms with Crippen LogP contribution in [0.5, 0.6) is 0 Å². The van der Waals surface area contributed by atoms with E-state index in [1.54, 1.807) is 6.20 Å². The number of piperidine rings is 1. The molecule has 4 nitrogen and oxygen atoms in total. The fourth-order valence-electron chi connectivity index (χ4n) is 5.45. The smallest absolute Gasteiger partial charge is 0.256 e. The Bertz CT molecular complexity index is 1030. The number of pyridine rings is 1. The van der Waals surface area contributed by atoms with Gasteiger partial charge in [0, 0.05) is 30.1 Å². The van der Waals surface area contributed by atoms with E-state index in [2.05, 4.69) is 4.98 Å². The first-order valence-electron chi connectivity index (χ1n) is 10.6. The maximum Gasteiger partial charge on any atom is 0.256 e. The van der Waals surface area contributed by atoms with Gasteiger partial charge in [0.1, 0.15) is 0 Å². The number of fused-ring (bicyclic) bond motifs is 2. The maximum atomic E-state index is 13.6. The highest BCUT2D eigenvalue weighted by Gasteiger charge is 2.50. The molecule has 148 valence electrons. The lowest BCUT2D eigenvalue weighted by atomic mass is 9.66. The normalized spacial score (nSPS) is 26.9. The number of amides is 1. The molecule has 1 aromatic heterocycles. The van der Waals surface area contributed by atoms with Gasteiger partial charge in [-0.15, -0.1) is 0 Å². The van der Waals surface area contributed by atoms with Crippen LogP contribution in [0.2, 0.25) is 0 Å². The number of benzene rings is 2. The third-order valence-electron chi connectivity index (χ3n) is 6.87. The molecule has 5 rings (SSSR count). The predicted molar refractivity (Wildman–Crippen MR) is 113 cm³/mol. The van der Waals surface area contributed by atoms with Crippen molar-refractivity contribution in [1.82, 2.24) is 9.88 Å². The molecule has 3 aromatic rings. The number of hydrogen-bond donors (Lipinski definition) is 1. The van der Waals surface area contributed by atoms with E-state index in [1.165, 1.54) is 0 Å². The molecule has 1 aliphatic heterocycles. The van der Waals surface area contributed by atoms with Crippen LogP contribution in [0.3, 0.4) is 0 Å². The van der Waals surface area contributed by atoms with Gasteiger partial charge in [0.25, 0.3) is 5.91 Å². The number of nitrogens with zero attached hydrogens (tertiary/aromatic N) is 2. The van der Waals surface area contributed by atoms with E-state index in [1.807, 2.05) is 65.6 Å². The molecule has 1 saturated carbocycles. The van der Waals surface area contributed by atoms with Gasteiger partial charge in [-0.05, 0) is 37.0 Å². The van der Waals surface area contributed by atoms with E-state index in [-0.39, 0.29) is 17.9 Å². The third-order valence-corrected chi connectivity index (χ3v) is 6.87. The van der Waals surface area contributed by atoms with E-state index in [4.69, 9.17) is 0 Å². The highest BCUT2D eigenvalue weighted by atomic mass is 16.3. The lowest BCUT2D eigenvalue weighted by Crippen LogP contribution is -2.59. The first-order valence-corrected chi connectivity index (χ1v) is 10.6. The lowest BCUT2D eigenvalue weighted by molar-refractivity contribution is -0.110. The molecule has 0 radical (unpaired) electrons. The Balaban J connectivity index is 1.52. The van der Waals surface area contributed by atoms with Crippen LogP contribution in [0.15, 0.2) is 66.9 Å². The van der Waals surface area contributed by atoms with Gasteiger partial charge < -0.3 is 10.0 Å². The van der Waals surface area contributed by atoms with Crippen molar-refractivity contribution >= 4 is 16.8 Å². The maximum absolute atomic E-state index is 13.6. The molecule has 4 heteroatoms. The Labute approximate surface area is 171 Å². The molecule has 3 atom stereocenters. The number of hydrogen-bond acceptors (Lipinski definition) is 3. The summed E-state index contributed by atoms with van der Waals surface area (Å²) in [5.74, 6) is 0.112. The van der Waals surface area contributed by atoms with Crippen LogP contribution in [0.1, 0.15) is 48.0 Å². The van der Waals surface area contributed by atoms with Gasteiger partial charge in [0.15, 0.2) is 0 Å². The molecule has 1 saturated heterocycles. The van der Waals surface area contributed by atoms with E-state index in [9.17, 15) is 9.90 Å². The van der Waals surface area contributed by atoms with E-state index in [0.717, 1.165) is 42.1 Å². The van der Waals surface area contributed by atoms with Crippen LogP contribution in [-0.2, 0) is 5.60 Å². The number of rotatable bonds is 2. The van der Waals surface area contributed by atoms with Gasteiger partial charge in [0.2, 0.25) is 0 Å². The molecule has 2 aliphatic rings. The summed E-state index contributed by atoms with van der Waals surface area (Å²) in [6.45, 7) is 0.564. The number of para-hydroxylation sites is 1. The summed E-state index contributed by atoms with van der Waals surface area (Å²) in [5.41, 5.74) is 1.55. The van der Waals surface area contributed by atoms with Crippen molar-refractivity contribution in [2.75, 3.05) is 6.54 Å². The van der Waals surface area contributed by atoms with Crippen LogP contribution in [0.4, 0.5) is 0 Å². The van der Waals surface area contributed by atoms with Gasteiger partial charge in [-0.3, -0.25) is 9.78 Å². The minimum Gasteiger partial charge on any atom is -0.385 e. The van der Waals surface area contributed by atoms with Crippen molar-refractivity contribution in [2.24, 2.45) is 5.92 Å². The first kappa shape index (κ1) is 18.3. The number of carbonyl (C=O) groups is 1. The second-order valence-electron chi connectivity index (χ2n) is 8.38. The summed E-state index contributed by atoms with van der Waals surface area (Å²) in [4.78, 5) is 20.1. The molecule has 1 aliphatic carbocycles. The van der Waals surface area contributed by atoms with Crippen LogP contribution >= 0.6 is 0 Å².